The number of carbonyl (C=O) groups is 3. The third-order valence-electron chi connectivity index (χ3n) is 3.67. The molecule has 0 spiro atoms. The van der Waals surface area contributed by atoms with Crippen molar-refractivity contribution in [3.05, 3.63) is 0 Å². The van der Waals surface area contributed by atoms with Gasteiger partial charge in [-0.15, -0.1) is 0 Å². The minimum Gasteiger partial charge on any atom is -0.348 e. The fourth-order valence-electron chi connectivity index (χ4n) is 2.44. The summed E-state index contributed by atoms with van der Waals surface area (Å²) in [5.41, 5.74) is -0.366. The molecule has 1 saturated heterocycles. The van der Waals surface area contributed by atoms with Crippen molar-refractivity contribution in [3.63, 3.8) is 0 Å². The number of nitrogens with zero attached hydrogens (tertiary/aromatic N) is 4. The predicted octanol–water partition coefficient (Wildman–Crippen LogP) is -0.365. The summed E-state index contributed by atoms with van der Waals surface area (Å²) < 4.78 is 1.58. The highest BCUT2D eigenvalue weighted by Crippen LogP contribution is 2.18. The zero-order chi connectivity index (χ0) is 16.8. The number of carbonyl (C=O) groups excluding carboxylic acids is 3. The van der Waals surface area contributed by atoms with Crippen LogP contribution >= 0.6 is 0 Å². The molecule has 0 aromatic rings. The van der Waals surface area contributed by atoms with Gasteiger partial charge in [0.2, 0.25) is 0 Å². The number of amides is 4. The van der Waals surface area contributed by atoms with E-state index in [2.05, 4.69) is 10.3 Å². The number of urea groups is 1. The molecule has 2 atom stereocenters. The quantitative estimate of drug-likeness (QED) is 0.707. The van der Waals surface area contributed by atoms with Gasteiger partial charge in [0.05, 0.1) is 0 Å². The number of imide groups is 1. The van der Waals surface area contributed by atoms with Gasteiger partial charge < -0.3 is 5.32 Å². The second-order valence-electron chi connectivity index (χ2n) is 6.61. The van der Waals surface area contributed by atoms with Gasteiger partial charge in [0.15, 0.2) is 6.04 Å². The van der Waals surface area contributed by atoms with E-state index in [0.717, 1.165) is 4.90 Å². The average Bonchev–Trinajstić information content (AvgIpc) is 2.84. The molecule has 22 heavy (non-hydrogen) atoms. The van der Waals surface area contributed by atoms with E-state index in [4.69, 9.17) is 0 Å². The number of rotatable bonds is 2. The number of aliphatic imine (C=N–C) groups is 1. The number of likely N-dealkylation sites (N-methyl/N-ethyl adjacent to an activating group) is 2. The summed E-state index contributed by atoms with van der Waals surface area (Å²) in [5.74, 6) is -0.232. The topological polar surface area (TPSA) is 85.1 Å². The van der Waals surface area contributed by atoms with Crippen LogP contribution in [-0.2, 0) is 9.59 Å². The predicted molar refractivity (Wildman–Crippen MR) is 80.8 cm³/mol. The lowest BCUT2D eigenvalue weighted by molar-refractivity contribution is -0.552. The Morgan fingerprint density at radius 3 is 2.45 bits per heavy atom. The van der Waals surface area contributed by atoms with Crippen LogP contribution in [0.25, 0.3) is 0 Å². The van der Waals surface area contributed by atoms with Gasteiger partial charge in [-0.05, 0) is 32.7 Å². The summed E-state index contributed by atoms with van der Waals surface area (Å²) in [5, 5.41) is 2.88. The third-order valence-corrected chi connectivity index (χ3v) is 3.67. The van der Waals surface area contributed by atoms with E-state index in [1.807, 2.05) is 20.8 Å². The van der Waals surface area contributed by atoms with Crippen LogP contribution in [0.5, 0.6) is 0 Å². The second kappa shape index (κ2) is 5.19. The lowest BCUT2D eigenvalue weighted by Crippen LogP contribution is -2.63. The Labute approximate surface area is 129 Å². The molecule has 0 aliphatic carbocycles. The van der Waals surface area contributed by atoms with Crippen LogP contribution in [0.4, 0.5) is 4.79 Å². The smallest absolute Gasteiger partial charge is 0.333 e. The Bertz CT molecular complexity index is 602. The maximum atomic E-state index is 12.4. The summed E-state index contributed by atoms with van der Waals surface area (Å²) in [6.45, 7) is 7.37. The fourth-order valence-corrected chi connectivity index (χ4v) is 2.44. The number of hydrogen-bond donors (Lipinski definition) is 1. The maximum absolute atomic E-state index is 12.4. The van der Waals surface area contributed by atoms with Gasteiger partial charge >= 0.3 is 6.03 Å². The molecule has 2 unspecified atom stereocenters. The van der Waals surface area contributed by atoms with Crippen LogP contribution < -0.4 is 5.32 Å². The molecule has 0 bridgehead atoms. The largest absolute Gasteiger partial charge is 0.348 e. The minimum atomic E-state index is -0.742. The van der Waals surface area contributed by atoms with E-state index in [0.29, 0.717) is 5.84 Å². The van der Waals surface area contributed by atoms with Crippen molar-refractivity contribution in [2.24, 2.45) is 4.99 Å². The van der Waals surface area contributed by atoms with Crippen molar-refractivity contribution < 1.29 is 19.0 Å². The van der Waals surface area contributed by atoms with Crippen LogP contribution in [0.1, 0.15) is 27.7 Å². The molecule has 2 aliphatic heterocycles. The molecule has 0 aromatic carbocycles. The highest BCUT2D eigenvalue weighted by molar-refractivity contribution is 6.21. The molecule has 2 heterocycles. The van der Waals surface area contributed by atoms with Crippen LogP contribution in [0, 0.1) is 0 Å². The van der Waals surface area contributed by atoms with Gasteiger partial charge in [0, 0.05) is 19.6 Å². The third kappa shape index (κ3) is 2.60. The molecule has 8 nitrogen and oxygen atoms in total. The molecule has 0 radical (unpaired) electrons. The molecule has 2 rings (SSSR count). The highest BCUT2D eigenvalue weighted by Gasteiger charge is 2.52. The van der Waals surface area contributed by atoms with Crippen molar-refractivity contribution in [2.75, 3.05) is 14.1 Å². The Kier molecular flexibility index (Phi) is 3.80. The standard InChI is InChI=1S/C14H21N5O3/c1-8(11(20)16-14(2,3)4)19-7-15-10-9(19)12(21)18(6)13(22)17(10)5/h7-9H,1-6H3/p+1. The summed E-state index contributed by atoms with van der Waals surface area (Å²) in [7, 11) is 2.99. The summed E-state index contributed by atoms with van der Waals surface area (Å²) in [4.78, 5) is 43.2. The maximum Gasteiger partial charge on any atom is 0.333 e. The Morgan fingerprint density at radius 1 is 1.32 bits per heavy atom. The Balaban J connectivity index is 2.24. The summed E-state index contributed by atoms with van der Waals surface area (Å²) >= 11 is 0. The Morgan fingerprint density at radius 2 is 1.91 bits per heavy atom. The lowest BCUT2D eigenvalue weighted by atomic mass is 10.1. The number of fused-ring (bicyclic) bond motifs is 1. The van der Waals surface area contributed by atoms with E-state index in [-0.39, 0.29) is 17.4 Å². The SMILES string of the molecule is CC(C(=O)NC(C)(C)C)[N+]1=CN=C2C1C(=O)N(C)C(=O)N2C. The number of amidine groups is 1. The normalized spacial score (nSPS) is 23.1. The van der Waals surface area contributed by atoms with Gasteiger partial charge in [-0.3, -0.25) is 19.4 Å². The van der Waals surface area contributed by atoms with E-state index in [1.54, 1.807) is 18.5 Å². The lowest BCUT2D eigenvalue weighted by Gasteiger charge is -2.32. The molecular weight excluding hydrogens is 286 g/mol. The van der Waals surface area contributed by atoms with Crippen molar-refractivity contribution >= 4 is 30.0 Å². The molecule has 1 N–H and O–H groups in total. The first kappa shape index (κ1) is 16.1. The van der Waals surface area contributed by atoms with Gasteiger partial charge in [-0.25, -0.2) is 9.37 Å². The van der Waals surface area contributed by atoms with Crippen LogP contribution in [0.15, 0.2) is 4.99 Å². The van der Waals surface area contributed by atoms with Crippen molar-refractivity contribution in [3.8, 4) is 0 Å². The van der Waals surface area contributed by atoms with E-state index < -0.39 is 18.1 Å². The van der Waals surface area contributed by atoms with Gasteiger partial charge in [-0.2, -0.15) is 0 Å². The van der Waals surface area contributed by atoms with Crippen molar-refractivity contribution in [1.29, 1.82) is 0 Å². The first-order chi connectivity index (χ1) is 10.0. The van der Waals surface area contributed by atoms with Crippen LogP contribution in [0.3, 0.4) is 0 Å². The molecular formula is C14H22N5O3+. The van der Waals surface area contributed by atoms with Crippen molar-refractivity contribution in [1.82, 2.24) is 15.1 Å². The van der Waals surface area contributed by atoms with E-state index in [1.165, 1.54) is 18.3 Å². The van der Waals surface area contributed by atoms with E-state index >= 15 is 0 Å². The monoisotopic (exact) mass is 308 g/mol. The summed E-state index contributed by atoms with van der Waals surface area (Å²) in [6.07, 6.45) is 1.45. The summed E-state index contributed by atoms with van der Waals surface area (Å²) in [6, 6.07) is -1.75. The molecule has 0 saturated carbocycles. The number of nitrogens with one attached hydrogen (secondary N) is 1. The van der Waals surface area contributed by atoms with Crippen molar-refractivity contribution in [2.45, 2.75) is 45.3 Å². The van der Waals surface area contributed by atoms with Crippen LogP contribution in [-0.4, -0.2) is 76.1 Å². The first-order valence-electron chi connectivity index (χ1n) is 7.10. The minimum absolute atomic E-state index is 0.199. The van der Waals surface area contributed by atoms with Gasteiger partial charge in [0.1, 0.15) is 0 Å². The fraction of sp³-hybridized carbons (Fsp3) is 0.643. The number of hydrogen-bond acceptors (Lipinski definition) is 4. The van der Waals surface area contributed by atoms with Crippen LogP contribution in [0.2, 0.25) is 0 Å². The highest BCUT2D eigenvalue weighted by atomic mass is 16.2. The first-order valence-corrected chi connectivity index (χ1v) is 7.10. The molecule has 1 fully saturated rings. The second-order valence-corrected chi connectivity index (χ2v) is 6.61. The molecule has 8 heteroatoms. The average molecular weight is 308 g/mol. The molecule has 120 valence electrons. The van der Waals surface area contributed by atoms with E-state index in [9.17, 15) is 14.4 Å². The zero-order valence-electron chi connectivity index (χ0n) is 13.7. The molecule has 2 aliphatic rings. The Hall–Kier alpha value is -2.25. The molecule has 0 aromatic heterocycles. The van der Waals surface area contributed by atoms with Gasteiger partial charge in [0.25, 0.3) is 30.0 Å². The zero-order valence-corrected chi connectivity index (χ0v) is 13.7. The molecule has 4 amide bonds. The van der Waals surface area contributed by atoms with Gasteiger partial charge in [-0.1, -0.05) is 0 Å².